The van der Waals surface area contributed by atoms with Gasteiger partial charge >= 0.3 is 0 Å². The Labute approximate surface area is 184 Å². The van der Waals surface area contributed by atoms with Gasteiger partial charge in [-0.25, -0.2) is 14.4 Å². The molecule has 0 aliphatic carbocycles. The number of carbonyl (C=O) groups excluding carboxylic acids is 1. The summed E-state index contributed by atoms with van der Waals surface area (Å²) >= 11 is 0. The van der Waals surface area contributed by atoms with Gasteiger partial charge in [0.1, 0.15) is 5.82 Å². The Morgan fingerprint density at radius 1 is 0.906 bits per heavy atom. The molecule has 0 bridgehead atoms. The zero-order chi connectivity index (χ0) is 22.5. The zero-order valence-electron chi connectivity index (χ0n) is 17.1. The minimum Gasteiger partial charge on any atom is -0.366 e. The second-order valence-corrected chi connectivity index (χ2v) is 6.98. The van der Waals surface area contributed by atoms with Gasteiger partial charge in [-0.15, -0.1) is 0 Å². The van der Waals surface area contributed by atoms with E-state index in [1.807, 2.05) is 36.4 Å². The number of hydrogen-bond acceptors (Lipinski definition) is 3. The summed E-state index contributed by atoms with van der Waals surface area (Å²) in [4.78, 5) is 25.0. The number of halogens is 1. The SMILES string of the molecule is C=NC(=Nc1cc(-c2ccc(F)cc2)ccc1-c1ccccc1C(N)=O)c1cccnc1. The van der Waals surface area contributed by atoms with Gasteiger partial charge in [0.15, 0.2) is 5.84 Å². The fourth-order valence-corrected chi connectivity index (χ4v) is 3.41. The van der Waals surface area contributed by atoms with Gasteiger partial charge < -0.3 is 5.73 Å². The summed E-state index contributed by atoms with van der Waals surface area (Å²) in [6.45, 7) is 3.65. The topological polar surface area (TPSA) is 80.7 Å². The summed E-state index contributed by atoms with van der Waals surface area (Å²) < 4.78 is 13.4. The zero-order valence-corrected chi connectivity index (χ0v) is 17.1. The highest BCUT2D eigenvalue weighted by Crippen LogP contribution is 2.36. The van der Waals surface area contributed by atoms with Crippen molar-refractivity contribution in [2.75, 3.05) is 0 Å². The van der Waals surface area contributed by atoms with E-state index < -0.39 is 5.91 Å². The summed E-state index contributed by atoms with van der Waals surface area (Å²) in [6, 6.07) is 22.5. The van der Waals surface area contributed by atoms with Crippen LogP contribution in [0.15, 0.2) is 101 Å². The number of pyridine rings is 1. The van der Waals surface area contributed by atoms with Crippen LogP contribution in [0.5, 0.6) is 0 Å². The normalized spacial score (nSPS) is 11.2. The molecular weight excluding hydrogens is 403 g/mol. The van der Waals surface area contributed by atoms with Gasteiger partial charge in [-0.05, 0) is 59.8 Å². The van der Waals surface area contributed by atoms with Crippen LogP contribution in [-0.2, 0) is 0 Å². The van der Waals surface area contributed by atoms with Crippen LogP contribution in [0.4, 0.5) is 10.1 Å². The second kappa shape index (κ2) is 9.14. The van der Waals surface area contributed by atoms with E-state index in [9.17, 15) is 9.18 Å². The minimum absolute atomic E-state index is 0.311. The number of aromatic nitrogens is 1. The van der Waals surface area contributed by atoms with Gasteiger partial charge in [0, 0.05) is 29.1 Å². The quantitative estimate of drug-likeness (QED) is 0.344. The third-order valence-electron chi connectivity index (χ3n) is 4.95. The van der Waals surface area contributed by atoms with Crippen molar-refractivity contribution in [3.05, 3.63) is 108 Å². The van der Waals surface area contributed by atoms with Gasteiger partial charge in [-0.2, -0.15) is 0 Å². The molecule has 0 saturated heterocycles. The number of benzene rings is 3. The maximum Gasteiger partial charge on any atom is 0.249 e. The van der Waals surface area contributed by atoms with Crippen molar-refractivity contribution in [1.29, 1.82) is 0 Å². The first-order chi connectivity index (χ1) is 15.6. The highest BCUT2D eigenvalue weighted by atomic mass is 19.1. The van der Waals surface area contributed by atoms with Crippen LogP contribution in [0, 0.1) is 5.82 Å². The summed E-state index contributed by atoms with van der Waals surface area (Å²) in [6.07, 6.45) is 3.31. The van der Waals surface area contributed by atoms with Crippen LogP contribution < -0.4 is 5.73 Å². The lowest BCUT2D eigenvalue weighted by atomic mass is 9.95. The molecule has 1 aromatic heterocycles. The summed E-state index contributed by atoms with van der Waals surface area (Å²) in [5.41, 5.74) is 10.3. The molecule has 0 saturated carbocycles. The van der Waals surface area contributed by atoms with E-state index in [2.05, 4.69) is 16.7 Å². The largest absolute Gasteiger partial charge is 0.366 e. The molecule has 156 valence electrons. The van der Waals surface area contributed by atoms with Crippen molar-refractivity contribution < 1.29 is 9.18 Å². The number of primary amides is 1. The molecule has 6 heteroatoms. The molecular formula is C26H19FN4O. The molecule has 0 aliphatic rings. The van der Waals surface area contributed by atoms with Crippen molar-refractivity contribution in [1.82, 2.24) is 4.98 Å². The Hall–Kier alpha value is -4.45. The average Bonchev–Trinajstić information content (AvgIpc) is 2.83. The molecule has 5 nitrogen and oxygen atoms in total. The Kier molecular flexibility index (Phi) is 5.94. The fourth-order valence-electron chi connectivity index (χ4n) is 3.41. The number of nitrogens with zero attached hydrogens (tertiary/aromatic N) is 3. The lowest BCUT2D eigenvalue weighted by Gasteiger charge is -2.13. The van der Waals surface area contributed by atoms with Crippen molar-refractivity contribution >= 4 is 24.1 Å². The monoisotopic (exact) mass is 422 g/mol. The lowest BCUT2D eigenvalue weighted by Crippen LogP contribution is -2.12. The Morgan fingerprint density at radius 2 is 1.66 bits per heavy atom. The standard InChI is InChI=1S/C26H19FN4O/c1-29-26(19-5-4-14-30-16-19)31-24-15-18(17-8-11-20(27)12-9-17)10-13-22(24)21-6-2-3-7-23(21)25(28)32/h2-16H,1H2,(H2,28,32). The van der Waals surface area contributed by atoms with Crippen LogP contribution >= 0.6 is 0 Å². The number of amides is 1. The fraction of sp³-hybridized carbons (Fsp3) is 0. The van der Waals surface area contributed by atoms with Gasteiger partial charge in [0.25, 0.3) is 0 Å². The molecule has 32 heavy (non-hydrogen) atoms. The van der Waals surface area contributed by atoms with Crippen molar-refractivity contribution in [3.8, 4) is 22.3 Å². The van der Waals surface area contributed by atoms with Gasteiger partial charge in [0.05, 0.1) is 5.69 Å². The van der Waals surface area contributed by atoms with Crippen molar-refractivity contribution in [2.24, 2.45) is 15.7 Å². The van der Waals surface area contributed by atoms with E-state index >= 15 is 0 Å². The maximum absolute atomic E-state index is 13.4. The van der Waals surface area contributed by atoms with Gasteiger partial charge in [0.2, 0.25) is 5.91 Å². The van der Waals surface area contributed by atoms with Gasteiger partial charge in [-0.3, -0.25) is 9.78 Å². The number of aliphatic imine (C=N–C) groups is 2. The molecule has 0 atom stereocenters. The number of carbonyl (C=O) groups is 1. The summed E-state index contributed by atoms with van der Waals surface area (Å²) in [7, 11) is 0. The summed E-state index contributed by atoms with van der Waals surface area (Å²) in [5.74, 6) is -0.464. The first-order valence-corrected chi connectivity index (χ1v) is 9.82. The van der Waals surface area contributed by atoms with Crippen molar-refractivity contribution in [2.45, 2.75) is 0 Å². The third kappa shape index (κ3) is 4.34. The van der Waals surface area contributed by atoms with Crippen molar-refractivity contribution in [3.63, 3.8) is 0 Å². The van der Waals surface area contributed by atoms with E-state index in [0.29, 0.717) is 33.8 Å². The Bertz CT molecular complexity index is 1320. The molecule has 4 aromatic rings. The van der Waals surface area contributed by atoms with E-state index in [0.717, 1.165) is 11.1 Å². The molecule has 2 N–H and O–H groups in total. The average molecular weight is 422 g/mol. The predicted octanol–water partition coefficient (Wildman–Crippen LogP) is 5.43. The molecule has 3 aromatic carbocycles. The van der Waals surface area contributed by atoms with E-state index in [4.69, 9.17) is 10.7 Å². The summed E-state index contributed by atoms with van der Waals surface area (Å²) in [5, 5.41) is 0. The number of rotatable bonds is 5. The lowest BCUT2D eigenvalue weighted by molar-refractivity contribution is 0.100. The van der Waals surface area contributed by atoms with Gasteiger partial charge in [-0.1, -0.05) is 42.5 Å². The Balaban J connectivity index is 1.94. The first kappa shape index (κ1) is 20.8. The van der Waals surface area contributed by atoms with E-state index in [1.54, 1.807) is 42.7 Å². The molecule has 1 heterocycles. The van der Waals surface area contributed by atoms with E-state index in [-0.39, 0.29) is 5.82 Å². The number of nitrogens with two attached hydrogens (primary N) is 1. The third-order valence-corrected chi connectivity index (χ3v) is 4.95. The first-order valence-electron chi connectivity index (χ1n) is 9.82. The highest BCUT2D eigenvalue weighted by Gasteiger charge is 2.15. The van der Waals surface area contributed by atoms with Crippen LogP contribution in [0.25, 0.3) is 22.3 Å². The molecule has 4 rings (SSSR count). The molecule has 1 amide bonds. The highest BCUT2D eigenvalue weighted by molar-refractivity contribution is 6.05. The molecule has 0 fully saturated rings. The Morgan fingerprint density at radius 3 is 2.34 bits per heavy atom. The number of amidine groups is 1. The van der Waals surface area contributed by atoms with Crippen LogP contribution in [0.3, 0.4) is 0 Å². The van der Waals surface area contributed by atoms with E-state index in [1.165, 1.54) is 12.1 Å². The predicted molar refractivity (Wildman–Crippen MR) is 126 cm³/mol. The smallest absolute Gasteiger partial charge is 0.249 e. The van der Waals surface area contributed by atoms with Crippen LogP contribution in [0.1, 0.15) is 15.9 Å². The molecule has 0 spiro atoms. The van der Waals surface area contributed by atoms with Crippen LogP contribution in [-0.4, -0.2) is 23.4 Å². The molecule has 0 aliphatic heterocycles. The van der Waals surface area contributed by atoms with Crippen LogP contribution in [0.2, 0.25) is 0 Å². The second-order valence-electron chi connectivity index (χ2n) is 6.98. The molecule has 0 unspecified atom stereocenters. The minimum atomic E-state index is -0.535. The molecule has 0 radical (unpaired) electrons. The number of hydrogen-bond donors (Lipinski definition) is 1. The maximum atomic E-state index is 13.4.